The first-order valence-electron chi connectivity index (χ1n) is 5.06. The second-order valence-corrected chi connectivity index (χ2v) is 4.76. The Morgan fingerprint density at radius 2 is 1.58 bits per heavy atom. The van der Waals surface area contributed by atoms with Gasteiger partial charge in [-0.1, -0.05) is 45.3 Å². The number of hydrogen-bond acceptors (Lipinski definition) is 0. The molecule has 12 heavy (non-hydrogen) atoms. The van der Waals surface area contributed by atoms with Crippen molar-refractivity contribution in [2.24, 2.45) is 5.41 Å². The Morgan fingerprint density at radius 1 is 1.08 bits per heavy atom. The molecular weight excluding hydrogens is 144 g/mol. The summed E-state index contributed by atoms with van der Waals surface area (Å²) in [5.74, 6) is 0. The van der Waals surface area contributed by atoms with Crippen molar-refractivity contribution in [3.05, 3.63) is 11.1 Å². The van der Waals surface area contributed by atoms with E-state index in [4.69, 9.17) is 0 Å². The zero-order chi connectivity index (χ0) is 9.78. The van der Waals surface area contributed by atoms with Gasteiger partial charge in [-0.15, -0.1) is 0 Å². The SMILES string of the molecule is CCCC/C(C)=C(\C)C(C)(C)C. The molecule has 0 aromatic rings. The summed E-state index contributed by atoms with van der Waals surface area (Å²) in [5.41, 5.74) is 3.51. The van der Waals surface area contributed by atoms with E-state index in [2.05, 4.69) is 41.5 Å². The molecule has 0 aliphatic carbocycles. The smallest absolute Gasteiger partial charge is 0.0173 e. The van der Waals surface area contributed by atoms with Gasteiger partial charge in [0.25, 0.3) is 0 Å². The van der Waals surface area contributed by atoms with E-state index in [0.717, 1.165) is 0 Å². The van der Waals surface area contributed by atoms with E-state index in [9.17, 15) is 0 Å². The third-order valence-corrected chi connectivity index (χ3v) is 2.67. The summed E-state index contributed by atoms with van der Waals surface area (Å²) in [5, 5.41) is 0. The van der Waals surface area contributed by atoms with E-state index >= 15 is 0 Å². The molecule has 0 bridgehead atoms. The van der Waals surface area contributed by atoms with Gasteiger partial charge in [-0.3, -0.25) is 0 Å². The Morgan fingerprint density at radius 3 is 1.92 bits per heavy atom. The van der Waals surface area contributed by atoms with Gasteiger partial charge in [0.2, 0.25) is 0 Å². The molecule has 0 aromatic carbocycles. The van der Waals surface area contributed by atoms with Crippen molar-refractivity contribution in [3.8, 4) is 0 Å². The van der Waals surface area contributed by atoms with Gasteiger partial charge in [0.1, 0.15) is 0 Å². The summed E-state index contributed by atoms with van der Waals surface area (Å²) < 4.78 is 0. The lowest BCUT2D eigenvalue weighted by molar-refractivity contribution is 0.494. The third-order valence-electron chi connectivity index (χ3n) is 2.67. The van der Waals surface area contributed by atoms with Crippen LogP contribution in [0.15, 0.2) is 11.1 Å². The minimum Gasteiger partial charge on any atom is -0.0739 e. The van der Waals surface area contributed by atoms with Crippen LogP contribution in [0.25, 0.3) is 0 Å². The monoisotopic (exact) mass is 168 g/mol. The molecule has 0 spiro atoms. The molecule has 0 heterocycles. The maximum Gasteiger partial charge on any atom is -0.0173 e. The average molecular weight is 168 g/mol. The fraction of sp³-hybridized carbons (Fsp3) is 0.833. The molecule has 0 amide bonds. The highest BCUT2D eigenvalue weighted by Crippen LogP contribution is 2.28. The highest BCUT2D eigenvalue weighted by Gasteiger charge is 2.14. The third kappa shape index (κ3) is 3.94. The van der Waals surface area contributed by atoms with Crippen molar-refractivity contribution in [1.29, 1.82) is 0 Å². The van der Waals surface area contributed by atoms with E-state index in [1.807, 2.05) is 0 Å². The van der Waals surface area contributed by atoms with Crippen LogP contribution in [-0.4, -0.2) is 0 Å². The Bertz CT molecular complexity index is 155. The quantitative estimate of drug-likeness (QED) is 0.542. The first-order valence-corrected chi connectivity index (χ1v) is 5.06. The van der Waals surface area contributed by atoms with Gasteiger partial charge in [0, 0.05) is 0 Å². The molecule has 0 atom stereocenters. The van der Waals surface area contributed by atoms with Crippen LogP contribution < -0.4 is 0 Å². The maximum absolute atomic E-state index is 2.29. The van der Waals surface area contributed by atoms with Crippen molar-refractivity contribution in [2.75, 3.05) is 0 Å². The van der Waals surface area contributed by atoms with Gasteiger partial charge >= 0.3 is 0 Å². The van der Waals surface area contributed by atoms with Crippen molar-refractivity contribution in [2.45, 2.75) is 60.8 Å². The van der Waals surface area contributed by atoms with Crippen molar-refractivity contribution >= 4 is 0 Å². The number of hydrogen-bond donors (Lipinski definition) is 0. The lowest BCUT2D eigenvalue weighted by Crippen LogP contribution is -2.08. The first kappa shape index (κ1) is 11.7. The van der Waals surface area contributed by atoms with Gasteiger partial charge in [-0.2, -0.15) is 0 Å². The molecule has 0 saturated carbocycles. The Labute approximate surface area is 78.1 Å². The van der Waals surface area contributed by atoms with Crippen LogP contribution in [0.5, 0.6) is 0 Å². The molecule has 0 radical (unpaired) electrons. The van der Waals surface area contributed by atoms with E-state index in [1.165, 1.54) is 19.3 Å². The zero-order valence-corrected chi connectivity index (χ0v) is 9.62. The zero-order valence-electron chi connectivity index (χ0n) is 9.62. The second kappa shape index (κ2) is 4.69. The predicted molar refractivity (Wildman–Crippen MR) is 57.4 cm³/mol. The molecule has 0 aromatic heterocycles. The fourth-order valence-electron chi connectivity index (χ4n) is 1.27. The van der Waals surface area contributed by atoms with E-state index < -0.39 is 0 Å². The molecule has 0 aliphatic heterocycles. The van der Waals surface area contributed by atoms with Gasteiger partial charge in [-0.25, -0.2) is 0 Å². The highest BCUT2D eigenvalue weighted by atomic mass is 14.2. The topological polar surface area (TPSA) is 0 Å². The van der Waals surface area contributed by atoms with Gasteiger partial charge in [0.15, 0.2) is 0 Å². The summed E-state index contributed by atoms with van der Waals surface area (Å²) >= 11 is 0. The van der Waals surface area contributed by atoms with Crippen LogP contribution in [-0.2, 0) is 0 Å². The minimum absolute atomic E-state index is 0.359. The lowest BCUT2D eigenvalue weighted by atomic mass is 9.84. The highest BCUT2D eigenvalue weighted by molar-refractivity contribution is 5.15. The largest absolute Gasteiger partial charge is 0.0739 e. The number of unbranched alkanes of at least 4 members (excludes halogenated alkanes) is 1. The van der Waals surface area contributed by atoms with Crippen LogP contribution in [0.2, 0.25) is 0 Å². The molecule has 0 rings (SSSR count). The molecule has 72 valence electrons. The summed E-state index contributed by atoms with van der Waals surface area (Å²) in [7, 11) is 0. The first-order chi connectivity index (χ1) is 5.39. The maximum atomic E-state index is 2.29. The van der Waals surface area contributed by atoms with E-state index in [1.54, 1.807) is 11.1 Å². The Kier molecular flexibility index (Phi) is 4.59. The standard InChI is InChI=1S/C12H24/c1-7-8-9-10(2)11(3)12(4,5)6/h7-9H2,1-6H3/b11-10+. The molecule has 0 fully saturated rings. The minimum atomic E-state index is 0.359. The van der Waals surface area contributed by atoms with Crippen molar-refractivity contribution in [3.63, 3.8) is 0 Å². The summed E-state index contributed by atoms with van der Waals surface area (Å²) in [6.45, 7) is 13.7. The molecule has 0 unspecified atom stereocenters. The molecule has 0 N–H and O–H groups in total. The summed E-state index contributed by atoms with van der Waals surface area (Å²) in [6, 6.07) is 0. The molecule has 0 heteroatoms. The van der Waals surface area contributed by atoms with Crippen LogP contribution in [0.4, 0.5) is 0 Å². The predicted octanol–water partition coefficient (Wildman–Crippen LogP) is 4.56. The average Bonchev–Trinajstić information content (AvgIpc) is 1.97. The van der Waals surface area contributed by atoms with E-state index in [-0.39, 0.29) is 0 Å². The molecule has 0 nitrogen and oxygen atoms in total. The van der Waals surface area contributed by atoms with Crippen LogP contribution in [0.1, 0.15) is 60.8 Å². The Balaban J connectivity index is 4.26. The van der Waals surface area contributed by atoms with E-state index in [0.29, 0.717) is 5.41 Å². The molecular formula is C12H24. The summed E-state index contributed by atoms with van der Waals surface area (Å²) in [6.07, 6.45) is 3.91. The van der Waals surface area contributed by atoms with Crippen molar-refractivity contribution < 1.29 is 0 Å². The van der Waals surface area contributed by atoms with Crippen LogP contribution >= 0.6 is 0 Å². The number of allylic oxidation sites excluding steroid dienone is 2. The number of rotatable bonds is 3. The van der Waals surface area contributed by atoms with Crippen molar-refractivity contribution in [1.82, 2.24) is 0 Å². The molecule has 0 aliphatic rings. The van der Waals surface area contributed by atoms with Crippen LogP contribution in [0.3, 0.4) is 0 Å². The van der Waals surface area contributed by atoms with Gasteiger partial charge in [-0.05, 0) is 32.1 Å². The molecule has 0 saturated heterocycles. The normalized spacial score (nSPS) is 14.5. The fourth-order valence-corrected chi connectivity index (χ4v) is 1.27. The Hall–Kier alpha value is -0.260. The van der Waals surface area contributed by atoms with Gasteiger partial charge in [0.05, 0.1) is 0 Å². The second-order valence-electron chi connectivity index (χ2n) is 4.76. The van der Waals surface area contributed by atoms with Gasteiger partial charge < -0.3 is 0 Å². The summed E-state index contributed by atoms with van der Waals surface area (Å²) in [4.78, 5) is 0. The van der Waals surface area contributed by atoms with Crippen LogP contribution in [0, 0.1) is 5.41 Å². The lowest BCUT2D eigenvalue weighted by Gasteiger charge is -2.22.